The molecule has 1 saturated heterocycles. The van der Waals surface area contributed by atoms with Gasteiger partial charge < -0.3 is 5.32 Å². The second-order valence-electron chi connectivity index (χ2n) is 3.82. The molecule has 0 radical (unpaired) electrons. The van der Waals surface area contributed by atoms with Crippen molar-refractivity contribution in [1.29, 1.82) is 0 Å². The van der Waals surface area contributed by atoms with Crippen molar-refractivity contribution in [3.05, 3.63) is 30.1 Å². The zero-order valence-corrected chi connectivity index (χ0v) is 10.6. The maximum Gasteiger partial charge on any atom is 0.253 e. The van der Waals surface area contributed by atoms with Crippen LogP contribution < -0.4 is 5.32 Å². The molecular weight excluding hydrogens is 264 g/mol. The summed E-state index contributed by atoms with van der Waals surface area (Å²) < 4.78 is 22.4. The lowest BCUT2D eigenvalue weighted by Gasteiger charge is -2.10. The SMILES string of the molecule is Cl.O=C(NC1CCS(=O)(=O)C1)c1cccnc1. The number of aromatic nitrogens is 1. The zero-order chi connectivity index (χ0) is 11.6. The maximum absolute atomic E-state index is 11.7. The van der Waals surface area contributed by atoms with Crippen molar-refractivity contribution in [2.24, 2.45) is 0 Å². The normalized spacial score (nSPS) is 21.5. The van der Waals surface area contributed by atoms with Crippen molar-refractivity contribution in [2.45, 2.75) is 12.5 Å². The third-order valence-electron chi connectivity index (χ3n) is 2.49. The molecule has 7 heteroatoms. The van der Waals surface area contributed by atoms with Crippen molar-refractivity contribution in [1.82, 2.24) is 10.3 Å². The first-order valence-corrected chi connectivity index (χ1v) is 6.80. The Labute approximate surface area is 106 Å². The molecule has 2 heterocycles. The molecule has 1 unspecified atom stereocenters. The molecule has 0 aromatic carbocycles. The number of halogens is 1. The predicted octanol–water partition coefficient (Wildman–Crippen LogP) is 0.420. The summed E-state index contributed by atoms with van der Waals surface area (Å²) in [6, 6.07) is 3.05. The van der Waals surface area contributed by atoms with Crippen LogP contribution >= 0.6 is 12.4 Å². The quantitative estimate of drug-likeness (QED) is 0.849. The lowest BCUT2D eigenvalue weighted by molar-refractivity contribution is 0.0941. The largest absolute Gasteiger partial charge is 0.348 e. The number of carbonyl (C=O) groups is 1. The Bertz CT molecular complexity index is 490. The predicted molar refractivity (Wildman–Crippen MR) is 66.0 cm³/mol. The van der Waals surface area contributed by atoms with E-state index in [-0.39, 0.29) is 35.9 Å². The van der Waals surface area contributed by atoms with Gasteiger partial charge in [0.25, 0.3) is 5.91 Å². The monoisotopic (exact) mass is 276 g/mol. The molecule has 0 aliphatic carbocycles. The fourth-order valence-electron chi connectivity index (χ4n) is 1.67. The standard InChI is InChI=1S/C10H12N2O3S.ClH/c13-10(8-2-1-4-11-6-8)12-9-3-5-16(14,15)7-9;/h1-2,4,6,9H,3,5,7H2,(H,12,13);1H. The van der Waals surface area contributed by atoms with Crippen molar-refractivity contribution >= 4 is 28.2 Å². The van der Waals surface area contributed by atoms with Crippen LogP contribution in [-0.2, 0) is 9.84 Å². The highest BCUT2D eigenvalue weighted by Crippen LogP contribution is 2.11. The third-order valence-corrected chi connectivity index (χ3v) is 4.26. The molecule has 1 fully saturated rings. The minimum Gasteiger partial charge on any atom is -0.348 e. The van der Waals surface area contributed by atoms with Gasteiger partial charge in [0.2, 0.25) is 0 Å². The van der Waals surface area contributed by atoms with Gasteiger partial charge in [-0.1, -0.05) is 0 Å². The van der Waals surface area contributed by atoms with Gasteiger partial charge in [0.15, 0.2) is 9.84 Å². The van der Waals surface area contributed by atoms with E-state index >= 15 is 0 Å². The summed E-state index contributed by atoms with van der Waals surface area (Å²) in [6.07, 6.45) is 3.53. The highest BCUT2D eigenvalue weighted by Gasteiger charge is 2.29. The van der Waals surface area contributed by atoms with Crippen LogP contribution in [0.15, 0.2) is 24.5 Å². The highest BCUT2D eigenvalue weighted by atomic mass is 35.5. The van der Waals surface area contributed by atoms with Gasteiger partial charge in [-0.3, -0.25) is 9.78 Å². The number of amides is 1. The van der Waals surface area contributed by atoms with E-state index in [2.05, 4.69) is 10.3 Å². The van der Waals surface area contributed by atoms with Crippen LogP contribution in [0.3, 0.4) is 0 Å². The molecule has 2 rings (SSSR count). The smallest absolute Gasteiger partial charge is 0.253 e. The topological polar surface area (TPSA) is 76.1 Å². The van der Waals surface area contributed by atoms with E-state index in [1.165, 1.54) is 6.20 Å². The number of hydrogen-bond acceptors (Lipinski definition) is 4. The van der Waals surface area contributed by atoms with Crippen LogP contribution in [0.1, 0.15) is 16.8 Å². The Balaban J connectivity index is 0.00000144. The van der Waals surface area contributed by atoms with Crippen LogP contribution in [0.5, 0.6) is 0 Å². The zero-order valence-electron chi connectivity index (χ0n) is 9.00. The number of rotatable bonds is 2. The Morgan fingerprint density at radius 1 is 1.47 bits per heavy atom. The van der Waals surface area contributed by atoms with E-state index in [0.29, 0.717) is 12.0 Å². The second kappa shape index (κ2) is 5.46. The summed E-state index contributed by atoms with van der Waals surface area (Å²) in [5.41, 5.74) is 0.451. The van der Waals surface area contributed by atoms with Gasteiger partial charge >= 0.3 is 0 Å². The third kappa shape index (κ3) is 3.67. The average molecular weight is 277 g/mol. The summed E-state index contributed by atoms with van der Waals surface area (Å²) >= 11 is 0. The molecule has 0 saturated carbocycles. The van der Waals surface area contributed by atoms with Gasteiger partial charge in [-0.05, 0) is 18.6 Å². The fourth-order valence-corrected chi connectivity index (χ4v) is 3.35. The molecule has 1 aromatic heterocycles. The molecule has 5 nitrogen and oxygen atoms in total. The Morgan fingerprint density at radius 3 is 2.76 bits per heavy atom. The number of nitrogens with zero attached hydrogens (tertiary/aromatic N) is 1. The molecule has 94 valence electrons. The van der Waals surface area contributed by atoms with E-state index in [9.17, 15) is 13.2 Å². The minimum atomic E-state index is -2.95. The first kappa shape index (κ1) is 13.9. The number of sulfone groups is 1. The van der Waals surface area contributed by atoms with Crippen LogP contribution in [0.2, 0.25) is 0 Å². The van der Waals surface area contributed by atoms with Crippen LogP contribution in [0.4, 0.5) is 0 Å². The van der Waals surface area contributed by atoms with Gasteiger partial charge in [-0.25, -0.2) is 8.42 Å². The maximum atomic E-state index is 11.7. The van der Waals surface area contributed by atoms with Crippen LogP contribution in [0, 0.1) is 0 Å². The number of nitrogens with one attached hydrogen (secondary N) is 1. The van der Waals surface area contributed by atoms with Crippen LogP contribution in [-0.4, -0.2) is 36.9 Å². The first-order chi connectivity index (χ1) is 7.57. The molecule has 0 spiro atoms. The highest BCUT2D eigenvalue weighted by molar-refractivity contribution is 7.91. The second-order valence-corrected chi connectivity index (χ2v) is 6.04. The van der Waals surface area contributed by atoms with Gasteiger partial charge in [-0.2, -0.15) is 0 Å². The van der Waals surface area contributed by atoms with E-state index in [4.69, 9.17) is 0 Å². The van der Waals surface area contributed by atoms with Gasteiger partial charge in [-0.15, -0.1) is 12.4 Å². The van der Waals surface area contributed by atoms with E-state index in [1.807, 2.05) is 0 Å². The van der Waals surface area contributed by atoms with E-state index in [1.54, 1.807) is 18.3 Å². The summed E-state index contributed by atoms with van der Waals surface area (Å²) in [4.78, 5) is 15.5. The molecule has 1 amide bonds. The van der Waals surface area contributed by atoms with Crippen molar-refractivity contribution < 1.29 is 13.2 Å². The lowest BCUT2D eigenvalue weighted by Crippen LogP contribution is -2.35. The number of carbonyl (C=O) groups excluding carboxylic acids is 1. The molecule has 17 heavy (non-hydrogen) atoms. The molecule has 1 aliphatic heterocycles. The summed E-state index contributed by atoms with van der Waals surface area (Å²) in [5.74, 6) is -0.0699. The van der Waals surface area contributed by atoms with Crippen molar-refractivity contribution in [2.75, 3.05) is 11.5 Å². The molecule has 0 bridgehead atoms. The minimum absolute atomic E-state index is 0. The van der Waals surface area contributed by atoms with Gasteiger partial charge in [0.1, 0.15) is 0 Å². The van der Waals surface area contributed by atoms with Gasteiger partial charge in [0, 0.05) is 18.4 Å². The van der Waals surface area contributed by atoms with Crippen molar-refractivity contribution in [3.8, 4) is 0 Å². The van der Waals surface area contributed by atoms with E-state index in [0.717, 1.165) is 0 Å². The molecule has 1 N–H and O–H groups in total. The van der Waals surface area contributed by atoms with E-state index < -0.39 is 9.84 Å². The molecule has 1 aromatic rings. The lowest BCUT2D eigenvalue weighted by atomic mass is 10.2. The summed E-state index contributed by atoms with van der Waals surface area (Å²) in [5, 5.41) is 2.69. The Hall–Kier alpha value is -1.14. The first-order valence-electron chi connectivity index (χ1n) is 4.98. The summed E-state index contributed by atoms with van der Waals surface area (Å²) in [6.45, 7) is 0. The molecular formula is C10H13ClN2O3S. The van der Waals surface area contributed by atoms with Crippen LogP contribution in [0.25, 0.3) is 0 Å². The molecule has 1 atom stereocenters. The van der Waals surface area contributed by atoms with Gasteiger partial charge in [0.05, 0.1) is 17.1 Å². The Kier molecular flexibility index (Phi) is 4.47. The molecule has 1 aliphatic rings. The number of hydrogen-bond donors (Lipinski definition) is 1. The average Bonchev–Trinajstić information content (AvgIpc) is 2.59. The Morgan fingerprint density at radius 2 is 2.24 bits per heavy atom. The fraction of sp³-hybridized carbons (Fsp3) is 0.400. The summed E-state index contributed by atoms with van der Waals surface area (Å²) in [7, 11) is -2.95. The number of pyridine rings is 1. The van der Waals surface area contributed by atoms with Crippen molar-refractivity contribution in [3.63, 3.8) is 0 Å².